The lowest BCUT2D eigenvalue weighted by Crippen LogP contribution is -2.40. The fourth-order valence-electron chi connectivity index (χ4n) is 2.31. The van der Waals surface area contributed by atoms with E-state index in [2.05, 4.69) is 15.3 Å². The lowest BCUT2D eigenvalue weighted by atomic mass is 10.2. The predicted molar refractivity (Wildman–Crippen MR) is 83.8 cm³/mol. The number of carbonyl (C=O) groups is 1. The van der Waals surface area contributed by atoms with Gasteiger partial charge >= 0.3 is 0 Å². The van der Waals surface area contributed by atoms with Crippen LogP contribution in [0.1, 0.15) is 10.6 Å². The summed E-state index contributed by atoms with van der Waals surface area (Å²) in [4.78, 5) is 20.5. The summed E-state index contributed by atoms with van der Waals surface area (Å²) in [6.45, 7) is 1.00. The van der Waals surface area contributed by atoms with Crippen LogP contribution in [0.4, 0.5) is 11.4 Å². The molecule has 1 aromatic heterocycles. The van der Waals surface area contributed by atoms with Crippen LogP contribution in [0.3, 0.4) is 0 Å². The number of benzene rings is 1. The fraction of sp³-hybridized carbons (Fsp3) is 0.286. The molecule has 1 amide bonds. The summed E-state index contributed by atoms with van der Waals surface area (Å²) in [7, 11) is -2.88. The van der Waals surface area contributed by atoms with Crippen LogP contribution >= 0.6 is 0 Å². The summed E-state index contributed by atoms with van der Waals surface area (Å²) >= 11 is 0. The van der Waals surface area contributed by atoms with Crippen LogP contribution in [0.25, 0.3) is 0 Å². The maximum atomic E-state index is 11.9. The third-order valence-electron chi connectivity index (χ3n) is 3.55. The van der Waals surface area contributed by atoms with E-state index in [-0.39, 0.29) is 23.2 Å². The van der Waals surface area contributed by atoms with Crippen LogP contribution in [0, 0.1) is 0 Å². The smallest absolute Gasteiger partial charge is 0.291 e. The number of sulfone groups is 1. The molecule has 0 radical (unpaired) electrons. The van der Waals surface area contributed by atoms with Crippen molar-refractivity contribution in [3.05, 3.63) is 42.5 Å². The van der Waals surface area contributed by atoms with E-state index in [4.69, 9.17) is 0 Å². The highest BCUT2D eigenvalue weighted by Gasteiger charge is 2.21. The van der Waals surface area contributed by atoms with E-state index in [0.717, 1.165) is 5.69 Å². The number of hydrogen-bond donors (Lipinski definition) is 2. The average Bonchev–Trinajstić information content (AvgIpc) is 3.03. The zero-order chi connectivity index (χ0) is 15.6. The second-order valence-electron chi connectivity index (χ2n) is 5.08. The highest BCUT2D eigenvalue weighted by molar-refractivity contribution is 7.91. The first-order chi connectivity index (χ1) is 10.5. The normalized spacial score (nSPS) is 17.2. The SMILES string of the molecule is O=C(Nc1ccc(N2CCS(=O)(=O)CC2)cc1)c1ncc[nH]1. The maximum Gasteiger partial charge on any atom is 0.291 e. The summed E-state index contributed by atoms with van der Waals surface area (Å²) in [5, 5.41) is 2.74. The third-order valence-corrected chi connectivity index (χ3v) is 5.16. The minimum Gasteiger partial charge on any atom is -0.369 e. The molecule has 1 aliphatic heterocycles. The Labute approximate surface area is 128 Å². The van der Waals surface area contributed by atoms with Crippen LogP contribution in [-0.4, -0.2) is 48.9 Å². The van der Waals surface area contributed by atoms with E-state index in [1.165, 1.54) is 6.20 Å². The zero-order valence-corrected chi connectivity index (χ0v) is 12.6. The van der Waals surface area contributed by atoms with Gasteiger partial charge in [0.25, 0.3) is 5.91 Å². The molecule has 116 valence electrons. The molecule has 3 rings (SSSR count). The molecule has 1 aromatic carbocycles. The monoisotopic (exact) mass is 320 g/mol. The van der Waals surface area contributed by atoms with Gasteiger partial charge in [-0.05, 0) is 24.3 Å². The number of aromatic nitrogens is 2. The van der Waals surface area contributed by atoms with Crippen molar-refractivity contribution in [1.29, 1.82) is 0 Å². The first-order valence-corrected chi connectivity index (χ1v) is 8.72. The fourth-order valence-corrected chi connectivity index (χ4v) is 3.51. The predicted octanol–water partition coefficient (Wildman–Crippen LogP) is 0.897. The van der Waals surface area contributed by atoms with Gasteiger partial charge in [-0.2, -0.15) is 0 Å². The number of carbonyl (C=O) groups excluding carboxylic acids is 1. The molecule has 2 heterocycles. The largest absolute Gasteiger partial charge is 0.369 e. The Kier molecular flexibility index (Phi) is 3.84. The van der Waals surface area contributed by atoms with Crippen LogP contribution in [-0.2, 0) is 9.84 Å². The Morgan fingerprint density at radius 3 is 2.45 bits per heavy atom. The highest BCUT2D eigenvalue weighted by Crippen LogP contribution is 2.20. The van der Waals surface area contributed by atoms with Gasteiger partial charge in [0.05, 0.1) is 11.5 Å². The number of hydrogen-bond acceptors (Lipinski definition) is 5. The lowest BCUT2D eigenvalue weighted by molar-refractivity contribution is 0.101. The number of H-pyrrole nitrogens is 1. The van der Waals surface area contributed by atoms with Gasteiger partial charge in [0.2, 0.25) is 0 Å². The van der Waals surface area contributed by atoms with E-state index < -0.39 is 9.84 Å². The van der Waals surface area contributed by atoms with Crippen LogP contribution < -0.4 is 10.2 Å². The van der Waals surface area contributed by atoms with Crippen molar-refractivity contribution in [2.24, 2.45) is 0 Å². The topological polar surface area (TPSA) is 95.2 Å². The molecular formula is C14H16N4O3S. The van der Waals surface area contributed by atoms with Crippen molar-refractivity contribution in [1.82, 2.24) is 9.97 Å². The maximum absolute atomic E-state index is 11.9. The summed E-state index contributed by atoms with van der Waals surface area (Å²) < 4.78 is 22.9. The second-order valence-corrected chi connectivity index (χ2v) is 7.38. The number of nitrogens with one attached hydrogen (secondary N) is 2. The molecule has 0 aliphatic carbocycles. The van der Waals surface area contributed by atoms with Crippen LogP contribution in [0.15, 0.2) is 36.7 Å². The first-order valence-electron chi connectivity index (χ1n) is 6.90. The van der Waals surface area contributed by atoms with Gasteiger partial charge in [-0.25, -0.2) is 13.4 Å². The minimum absolute atomic E-state index is 0.185. The molecule has 1 saturated heterocycles. The van der Waals surface area contributed by atoms with Gasteiger partial charge in [-0.15, -0.1) is 0 Å². The third kappa shape index (κ3) is 3.28. The molecule has 0 unspecified atom stereocenters. The van der Waals surface area contributed by atoms with Crippen molar-refractivity contribution < 1.29 is 13.2 Å². The van der Waals surface area contributed by atoms with E-state index in [9.17, 15) is 13.2 Å². The Morgan fingerprint density at radius 2 is 1.86 bits per heavy atom. The molecule has 0 bridgehead atoms. The molecule has 1 aliphatic rings. The molecule has 2 aromatic rings. The van der Waals surface area contributed by atoms with Crippen LogP contribution in [0.2, 0.25) is 0 Å². The summed E-state index contributed by atoms with van der Waals surface area (Å²) in [5.41, 5.74) is 1.61. The van der Waals surface area contributed by atoms with E-state index >= 15 is 0 Å². The quantitative estimate of drug-likeness (QED) is 0.876. The van der Waals surface area contributed by atoms with Crippen molar-refractivity contribution in [2.45, 2.75) is 0 Å². The molecule has 1 fully saturated rings. The van der Waals surface area contributed by atoms with E-state index in [1.807, 2.05) is 17.0 Å². The van der Waals surface area contributed by atoms with Crippen molar-refractivity contribution in [3.63, 3.8) is 0 Å². The molecule has 2 N–H and O–H groups in total. The number of nitrogens with zero attached hydrogens (tertiary/aromatic N) is 2. The molecule has 0 atom stereocenters. The van der Waals surface area contributed by atoms with Crippen LogP contribution in [0.5, 0.6) is 0 Å². The number of rotatable bonds is 3. The zero-order valence-electron chi connectivity index (χ0n) is 11.8. The van der Waals surface area contributed by atoms with Gasteiger partial charge < -0.3 is 15.2 Å². The lowest BCUT2D eigenvalue weighted by Gasteiger charge is -2.28. The number of imidazole rings is 1. The highest BCUT2D eigenvalue weighted by atomic mass is 32.2. The minimum atomic E-state index is -2.88. The molecule has 22 heavy (non-hydrogen) atoms. The first kappa shape index (κ1) is 14.6. The van der Waals surface area contributed by atoms with Gasteiger partial charge in [0.15, 0.2) is 15.7 Å². The van der Waals surface area contributed by atoms with Gasteiger partial charge in [0, 0.05) is 36.9 Å². The second kappa shape index (κ2) is 5.80. The van der Waals surface area contributed by atoms with E-state index in [0.29, 0.717) is 18.8 Å². The van der Waals surface area contributed by atoms with Crippen molar-refractivity contribution >= 4 is 27.1 Å². The summed E-state index contributed by atoms with van der Waals surface area (Å²) in [5.74, 6) is 0.320. The molecule has 7 nitrogen and oxygen atoms in total. The molecule has 0 saturated carbocycles. The molecule has 0 spiro atoms. The standard InChI is InChI=1S/C14H16N4O3S/c19-14(13-15-5-6-16-13)17-11-1-3-12(4-2-11)18-7-9-22(20,21)10-8-18/h1-6H,7-10H2,(H,15,16)(H,17,19). The average molecular weight is 320 g/mol. The molecular weight excluding hydrogens is 304 g/mol. The van der Waals surface area contributed by atoms with Crippen molar-refractivity contribution in [3.8, 4) is 0 Å². The number of anilines is 2. The summed E-state index contributed by atoms with van der Waals surface area (Å²) in [6, 6.07) is 7.32. The molecule has 8 heteroatoms. The number of amides is 1. The van der Waals surface area contributed by atoms with Gasteiger partial charge in [0.1, 0.15) is 0 Å². The van der Waals surface area contributed by atoms with E-state index in [1.54, 1.807) is 18.3 Å². The number of aromatic amines is 1. The Hall–Kier alpha value is -2.35. The Bertz CT molecular complexity index is 740. The van der Waals surface area contributed by atoms with Crippen molar-refractivity contribution in [2.75, 3.05) is 34.8 Å². The van der Waals surface area contributed by atoms with Gasteiger partial charge in [-0.1, -0.05) is 0 Å². The van der Waals surface area contributed by atoms with Gasteiger partial charge in [-0.3, -0.25) is 4.79 Å². The Balaban J connectivity index is 1.64. The summed E-state index contributed by atoms with van der Waals surface area (Å²) in [6.07, 6.45) is 3.10. The Morgan fingerprint density at radius 1 is 1.18 bits per heavy atom.